The maximum absolute atomic E-state index is 15.9. The van der Waals surface area contributed by atoms with Crippen LogP contribution >= 0.6 is 0 Å². The Labute approximate surface area is 342 Å². The van der Waals surface area contributed by atoms with Crippen LogP contribution in [0.4, 0.5) is 0 Å². The molecule has 5 rings (SSSR count). The van der Waals surface area contributed by atoms with Gasteiger partial charge in [0, 0.05) is 22.3 Å². The Morgan fingerprint density at radius 2 is 0.534 bits per heavy atom. The highest BCUT2D eigenvalue weighted by Crippen LogP contribution is 2.68. The van der Waals surface area contributed by atoms with E-state index in [1.165, 1.54) is 97.1 Å². The normalized spacial score (nSPS) is 28.8. The standard InChI is InChI=1S/C46H56O10Si2/c1-7-57(8-2,9-3)45(55)42(52,38(48)34-27-19-14-20-28-34)41(51,37(47)33-25-17-13-18-26-33)43(53,39(49)35-29-21-15-22-30-35)46(56,58(10-4,11-5)12-6)44(45,54)40(50)36-31-23-16-24-32-36/h13-32,51-56H,7-12H2,1-6H3/t41?,42-,43+,44?,45-,46-/m1/s1. The molecule has 0 heterocycles. The van der Waals surface area contributed by atoms with Crippen molar-refractivity contribution >= 4 is 39.3 Å². The van der Waals surface area contributed by atoms with Crippen LogP contribution in [0, 0.1) is 0 Å². The monoisotopic (exact) mass is 824 g/mol. The van der Waals surface area contributed by atoms with E-state index >= 15 is 19.2 Å². The number of rotatable bonds is 16. The number of benzene rings is 4. The Kier molecular flexibility index (Phi) is 12.4. The minimum atomic E-state index is -4.28. The molecule has 58 heavy (non-hydrogen) atoms. The Balaban J connectivity index is 2.28. The van der Waals surface area contributed by atoms with Crippen molar-refractivity contribution in [3.05, 3.63) is 144 Å². The highest BCUT2D eigenvalue weighted by Gasteiger charge is 2.99. The van der Waals surface area contributed by atoms with Crippen LogP contribution in [0.1, 0.15) is 83.0 Å². The summed E-state index contributed by atoms with van der Waals surface area (Å²) in [7, 11) is -8.56. The molecule has 0 aliphatic heterocycles. The maximum atomic E-state index is 15.9. The molecule has 1 aliphatic carbocycles. The van der Waals surface area contributed by atoms with Crippen LogP contribution in [0.25, 0.3) is 0 Å². The summed E-state index contributed by atoms with van der Waals surface area (Å²) in [5, 5.41) is 78.8. The summed E-state index contributed by atoms with van der Waals surface area (Å²) in [5.41, 5.74) is -17.8. The van der Waals surface area contributed by atoms with Crippen molar-refractivity contribution in [1.29, 1.82) is 0 Å². The van der Waals surface area contributed by atoms with Crippen LogP contribution in [0.3, 0.4) is 0 Å². The van der Waals surface area contributed by atoms with Crippen molar-refractivity contribution in [2.45, 2.75) is 111 Å². The van der Waals surface area contributed by atoms with Crippen LogP contribution in [0.5, 0.6) is 0 Å². The first-order valence-electron chi connectivity index (χ1n) is 20.2. The first-order valence-corrected chi connectivity index (χ1v) is 25.4. The number of carbonyl (C=O) groups is 4. The molecule has 10 nitrogen and oxygen atoms in total. The van der Waals surface area contributed by atoms with Gasteiger partial charge in [-0.25, -0.2) is 0 Å². The van der Waals surface area contributed by atoms with E-state index < -0.39 is 77.7 Å². The van der Waals surface area contributed by atoms with Crippen LogP contribution in [0.2, 0.25) is 36.3 Å². The zero-order valence-corrected chi connectivity index (χ0v) is 36.1. The molecule has 0 radical (unpaired) electrons. The highest BCUT2D eigenvalue weighted by molar-refractivity contribution is 6.86. The molecular formula is C46H56O10Si2. The van der Waals surface area contributed by atoms with E-state index in [1.807, 2.05) is 0 Å². The lowest BCUT2D eigenvalue weighted by Gasteiger charge is -2.75. The van der Waals surface area contributed by atoms with Crippen molar-refractivity contribution in [1.82, 2.24) is 0 Å². The van der Waals surface area contributed by atoms with Gasteiger partial charge in [-0.05, 0) is 0 Å². The van der Waals surface area contributed by atoms with Gasteiger partial charge >= 0.3 is 0 Å². The van der Waals surface area contributed by atoms with Gasteiger partial charge in [-0.3, -0.25) is 19.2 Å². The van der Waals surface area contributed by atoms with Gasteiger partial charge in [-0.2, -0.15) is 0 Å². The van der Waals surface area contributed by atoms with Gasteiger partial charge < -0.3 is 30.6 Å². The lowest BCUT2D eigenvalue weighted by Crippen LogP contribution is -3.06. The van der Waals surface area contributed by atoms with Crippen LogP contribution < -0.4 is 0 Å². The number of ketones is 4. The van der Waals surface area contributed by atoms with E-state index in [0.29, 0.717) is 0 Å². The predicted octanol–water partition coefficient (Wildman–Crippen LogP) is 6.01. The van der Waals surface area contributed by atoms with Crippen molar-refractivity contribution < 1.29 is 49.8 Å². The molecule has 2 unspecified atom stereocenters. The fourth-order valence-electron chi connectivity index (χ4n) is 10.6. The smallest absolute Gasteiger partial charge is 0.205 e. The van der Waals surface area contributed by atoms with Gasteiger partial charge in [-0.15, -0.1) is 0 Å². The van der Waals surface area contributed by atoms with E-state index in [0.717, 1.165) is 0 Å². The summed E-state index contributed by atoms with van der Waals surface area (Å²) in [5.74, 6) is -6.08. The first kappa shape index (κ1) is 44.8. The lowest BCUT2D eigenvalue weighted by atomic mass is 9.48. The second-order valence-corrected chi connectivity index (χ2v) is 26.5. The summed E-state index contributed by atoms with van der Waals surface area (Å²) in [6.45, 7) is 9.89. The molecule has 0 spiro atoms. The maximum Gasteiger partial charge on any atom is 0.205 e. The van der Waals surface area contributed by atoms with Crippen LogP contribution in [0.15, 0.2) is 121 Å². The van der Waals surface area contributed by atoms with Gasteiger partial charge in [0.15, 0.2) is 22.6 Å². The second kappa shape index (κ2) is 16.1. The average molecular weight is 825 g/mol. The molecule has 0 amide bonds. The van der Waals surface area contributed by atoms with E-state index in [9.17, 15) is 30.6 Å². The largest absolute Gasteiger partial charge is 0.386 e. The van der Waals surface area contributed by atoms with Crippen molar-refractivity contribution in [3.8, 4) is 0 Å². The van der Waals surface area contributed by atoms with Gasteiger partial charge in [0.05, 0.1) is 16.1 Å². The second-order valence-electron chi connectivity index (χ2n) is 15.7. The number of aliphatic hydroxyl groups is 6. The number of hydrogen-bond donors (Lipinski definition) is 6. The SMILES string of the molecule is CC[Si](CC)(CC)[C@@]1(O)C(O)(C(=O)c2ccccc2)[C@](O)([Si](CC)(CC)CC)[C@](O)(C(=O)c2ccccc2)C(O)(C(=O)c2ccccc2)[C@]1(O)C(=O)c1ccccc1. The van der Waals surface area contributed by atoms with Crippen molar-refractivity contribution in [2.75, 3.05) is 0 Å². The molecule has 0 aromatic heterocycles. The molecule has 6 atom stereocenters. The molecular weight excluding hydrogens is 769 g/mol. The topological polar surface area (TPSA) is 190 Å². The summed E-state index contributed by atoms with van der Waals surface area (Å²) < 4.78 is 0. The molecule has 0 bridgehead atoms. The summed E-state index contributed by atoms with van der Waals surface area (Å²) in [6, 6.07) is 27.5. The number of Topliss-reactive ketones (excluding diaryl/α,β-unsaturated/α-hetero) is 4. The first-order chi connectivity index (χ1) is 27.4. The fourth-order valence-corrected chi connectivity index (χ4v) is 21.1. The minimum Gasteiger partial charge on any atom is -0.386 e. The number of hydrogen-bond acceptors (Lipinski definition) is 10. The molecule has 1 aliphatic rings. The Morgan fingerprint density at radius 1 is 0.345 bits per heavy atom. The molecule has 308 valence electrons. The van der Waals surface area contributed by atoms with Crippen molar-refractivity contribution in [3.63, 3.8) is 0 Å². The van der Waals surface area contributed by atoms with Crippen molar-refractivity contribution in [2.24, 2.45) is 0 Å². The van der Waals surface area contributed by atoms with E-state index in [4.69, 9.17) is 0 Å². The van der Waals surface area contributed by atoms with Crippen LogP contribution in [-0.2, 0) is 0 Å². The van der Waals surface area contributed by atoms with Crippen LogP contribution in [-0.4, -0.2) is 103 Å². The molecule has 1 saturated carbocycles. The van der Waals surface area contributed by atoms with Gasteiger partial charge in [0.2, 0.25) is 23.0 Å². The van der Waals surface area contributed by atoms with Gasteiger partial charge in [0.1, 0.15) is 10.4 Å². The highest BCUT2D eigenvalue weighted by atomic mass is 28.3. The number of carbonyl (C=O) groups excluding carboxylic acids is 4. The summed E-state index contributed by atoms with van der Waals surface area (Å²) in [4.78, 5) is 63.4. The molecule has 4 aromatic carbocycles. The summed E-state index contributed by atoms with van der Waals surface area (Å²) >= 11 is 0. The Hall–Kier alpha value is -4.25. The fraction of sp³-hybridized carbons (Fsp3) is 0.391. The minimum absolute atomic E-state index is 0.0685. The zero-order valence-electron chi connectivity index (χ0n) is 34.1. The third kappa shape index (κ3) is 5.36. The molecule has 0 saturated heterocycles. The molecule has 1 fully saturated rings. The molecule has 12 heteroatoms. The van der Waals surface area contributed by atoms with E-state index in [1.54, 1.807) is 65.8 Å². The van der Waals surface area contributed by atoms with E-state index in [2.05, 4.69) is 0 Å². The summed E-state index contributed by atoms with van der Waals surface area (Å²) in [6.07, 6.45) is 0. The van der Waals surface area contributed by atoms with Gasteiger partial charge in [-0.1, -0.05) is 199 Å². The quantitative estimate of drug-likeness (QED) is 0.0577. The third-order valence-electron chi connectivity index (χ3n) is 14.2. The Bertz CT molecular complexity index is 2010. The Morgan fingerprint density at radius 3 is 0.741 bits per heavy atom. The van der Waals surface area contributed by atoms with E-state index in [-0.39, 0.29) is 53.0 Å². The molecule has 6 N–H and O–H groups in total. The molecule has 4 aromatic rings. The predicted molar refractivity (Wildman–Crippen MR) is 227 cm³/mol. The van der Waals surface area contributed by atoms with Gasteiger partial charge in [0.25, 0.3) is 0 Å². The average Bonchev–Trinajstić information content (AvgIpc) is 3.28. The lowest BCUT2D eigenvalue weighted by molar-refractivity contribution is -0.347. The zero-order chi connectivity index (χ0) is 43.0. The third-order valence-corrected chi connectivity index (χ3v) is 26.8.